The smallest absolute Gasteiger partial charge is 0.279 e. The van der Waals surface area contributed by atoms with Crippen molar-refractivity contribution in [2.75, 3.05) is 17.2 Å². The molecule has 1 aliphatic heterocycles. The van der Waals surface area contributed by atoms with Crippen molar-refractivity contribution < 1.29 is 19.1 Å². The lowest BCUT2D eigenvalue weighted by Crippen LogP contribution is -2.42. The fraction of sp³-hybridized carbons (Fsp3) is 0.370. The van der Waals surface area contributed by atoms with Crippen LogP contribution in [0.25, 0.3) is 0 Å². The third kappa shape index (κ3) is 5.35. The van der Waals surface area contributed by atoms with Gasteiger partial charge in [-0.15, -0.1) is 0 Å². The van der Waals surface area contributed by atoms with Gasteiger partial charge in [0.2, 0.25) is 0 Å². The van der Waals surface area contributed by atoms with Crippen LogP contribution in [0.3, 0.4) is 0 Å². The number of hydrogen-bond acceptors (Lipinski definition) is 5. The first-order valence-electron chi connectivity index (χ1n) is 12.1. The van der Waals surface area contributed by atoms with Gasteiger partial charge in [-0.05, 0) is 56.0 Å². The molecule has 2 aliphatic rings. The third-order valence-corrected chi connectivity index (χ3v) is 6.71. The maximum atomic E-state index is 13.1. The Balaban J connectivity index is 1.53. The predicted octanol–water partition coefficient (Wildman–Crippen LogP) is 5.60. The SMILES string of the molecule is CCCOc1ccccc1NC(=O)c1ccc(C)c(NC2=C(Cl)C(=O)N(C3CCCCC3)C2=O)c1. The fourth-order valence-corrected chi connectivity index (χ4v) is 4.65. The molecule has 0 radical (unpaired) electrons. The van der Waals surface area contributed by atoms with Crippen LogP contribution < -0.4 is 15.4 Å². The van der Waals surface area contributed by atoms with Gasteiger partial charge in [-0.1, -0.05) is 56.0 Å². The lowest BCUT2D eigenvalue weighted by atomic mass is 9.94. The number of carbonyl (C=O) groups excluding carboxylic acids is 3. The van der Waals surface area contributed by atoms with E-state index in [9.17, 15) is 14.4 Å². The molecule has 1 fully saturated rings. The molecule has 2 N–H and O–H groups in total. The molecule has 3 amide bonds. The molecular formula is C27H30ClN3O4. The van der Waals surface area contributed by atoms with E-state index in [2.05, 4.69) is 10.6 Å². The molecule has 0 atom stereocenters. The average molecular weight is 496 g/mol. The van der Waals surface area contributed by atoms with Gasteiger partial charge in [0.15, 0.2) is 0 Å². The molecule has 2 aromatic rings. The van der Waals surface area contributed by atoms with Gasteiger partial charge >= 0.3 is 0 Å². The second kappa shape index (κ2) is 11.0. The summed E-state index contributed by atoms with van der Waals surface area (Å²) < 4.78 is 5.73. The Morgan fingerprint density at radius 3 is 2.54 bits per heavy atom. The van der Waals surface area contributed by atoms with Gasteiger partial charge in [0, 0.05) is 17.3 Å². The summed E-state index contributed by atoms with van der Waals surface area (Å²) in [5.74, 6) is -0.592. The predicted molar refractivity (Wildman–Crippen MR) is 137 cm³/mol. The maximum Gasteiger partial charge on any atom is 0.279 e. The molecule has 35 heavy (non-hydrogen) atoms. The number of anilines is 2. The van der Waals surface area contributed by atoms with Crippen LogP contribution in [0.4, 0.5) is 11.4 Å². The summed E-state index contributed by atoms with van der Waals surface area (Å²) >= 11 is 6.32. The Morgan fingerprint density at radius 2 is 1.80 bits per heavy atom. The quantitative estimate of drug-likeness (QED) is 0.465. The number of imide groups is 1. The van der Waals surface area contributed by atoms with E-state index in [0.29, 0.717) is 29.3 Å². The zero-order valence-electron chi connectivity index (χ0n) is 20.0. The molecule has 0 saturated heterocycles. The number of ether oxygens (including phenoxy) is 1. The van der Waals surface area contributed by atoms with Gasteiger partial charge in [-0.25, -0.2) is 0 Å². The molecular weight excluding hydrogens is 466 g/mol. The molecule has 1 aliphatic carbocycles. The molecule has 184 valence electrons. The van der Waals surface area contributed by atoms with E-state index in [1.807, 2.05) is 32.0 Å². The summed E-state index contributed by atoms with van der Waals surface area (Å²) in [5.41, 5.74) is 2.36. The van der Waals surface area contributed by atoms with Crippen molar-refractivity contribution in [2.24, 2.45) is 0 Å². The number of para-hydroxylation sites is 2. The summed E-state index contributed by atoms with van der Waals surface area (Å²) in [5, 5.41) is 5.82. The van der Waals surface area contributed by atoms with Crippen LogP contribution in [0.15, 0.2) is 53.2 Å². The number of benzene rings is 2. The summed E-state index contributed by atoms with van der Waals surface area (Å²) in [6, 6.07) is 12.3. The van der Waals surface area contributed by atoms with Crippen molar-refractivity contribution in [3.05, 3.63) is 64.3 Å². The van der Waals surface area contributed by atoms with Crippen molar-refractivity contribution in [3.8, 4) is 5.75 Å². The molecule has 4 rings (SSSR count). The minimum Gasteiger partial charge on any atom is -0.491 e. The second-order valence-corrected chi connectivity index (χ2v) is 9.29. The highest BCUT2D eigenvalue weighted by atomic mass is 35.5. The van der Waals surface area contributed by atoms with Crippen molar-refractivity contribution in [2.45, 2.75) is 58.4 Å². The van der Waals surface area contributed by atoms with Gasteiger partial charge in [-0.3, -0.25) is 19.3 Å². The zero-order valence-corrected chi connectivity index (χ0v) is 20.8. The van der Waals surface area contributed by atoms with E-state index >= 15 is 0 Å². The van der Waals surface area contributed by atoms with Crippen LogP contribution in [-0.4, -0.2) is 35.3 Å². The Labute approximate surface area is 210 Å². The van der Waals surface area contributed by atoms with Crippen molar-refractivity contribution in [1.82, 2.24) is 4.90 Å². The van der Waals surface area contributed by atoms with E-state index in [1.54, 1.807) is 24.3 Å². The molecule has 8 heteroatoms. The number of hydrogen-bond donors (Lipinski definition) is 2. The molecule has 2 aromatic carbocycles. The van der Waals surface area contributed by atoms with Crippen LogP contribution in [-0.2, 0) is 9.59 Å². The number of carbonyl (C=O) groups is 3. The lowest BCUT2D eigenvalue weighted by molar-refractivity contribution is -0.140. The van der Waals surface area contributed by atoms with Gasteiger partial charge in [-0.2, -0.15) is 0 Å². The summed E-state index contributed by atoms with van der Waals surface area (Å²) in [7, 11) is 0. The van der Waals surface area contributed by atoms with E-state index in [1.165, 1.54) is 4.90 Å². The average Bonchev–Trinajstić information content (AvgIpc) is 3.08. The van der Waals surface area contributed by atoms with E-state index in [0.717, 1.165) is 44.1 Å². The standard InChI is InChI=1S/C27H30ClN3O4/c1-3-15-35-22-12-8-7-11-20(22)30-25(32)18-14-13-17(2)21(16-18)29-24-23(28)26(33)31(27(24)34)19-9-5-4-6-10-19/h7-8,11-14,16,19,29H,3-6,9-10,15H2,1-2H3,(H,30,32). The highest BCUT2D eigenvalue weighted by molar-refractivity contribution is 6.48. The first-order valence-corrected chi connectivity index (χ1v) is 12.5. The van der Waals surface area contributed by atoms with Crippen LogP contribution >= 0.6 is 11.6 Å². The van der Waals surface area contributed by atoms with Gasteiger partial charge < -0.3 is 15.4 Å². The number of rotatable bonds is 8. The van der Waals surface area contributed by atoms with Gasteiger partial charge in [0.1, 0.15) is 16.5 Å². The molecule has 1 heterocycles. The summed E-state index contributed by atoms with van der Waals surface area (Å²) in [4.78, 5) is 40.2. The molecule has 7 nitrogen and oxygen atoms in total. The van der Waals surface area contributed by atoms with Crippen LogP contribution in [0.2, 0.25) is 0 Å². The minimum absolute atomic E-state index is 0.0567. The number of nitrogens with one attached hydrogen (secondary N) is 2. The van der Waals surface area contributed by atoms with Crippen molar-refractivity contribution in [1.29, 1.82) is 0 Å². The van der Waals surface area contributed by atoms with Crippen molar-refractivity contribution >= 4 is 40.7 Å². The monoisotopic (exact) mass is 495 g/mol. The summed E-state index contributed by atoms with van der Waals surface area (Å²) in [6.45, 7) is 4.42. The largest absolute Gasteiger partial charge is 0.491 e. The zero-order chi connectivity index (χ0) is 24.9. The molecule has 0 aromatic heterocycles. The van der Waals surface area contributed by atoms with Crippen molar-refractivity contribution in [3.63, 3.8) is 0 Å². The number of halogens is 1. The number of nitrogens with zero attached hydrogens (tertiary/aromatic N) is 1. The minimum atomic E-state index is -0.457. The molecule has 0 bridgehead atoms. The second-order valence-electron chi connectivity index (χ2n) is 8.91. The highest BCUT2D eigenvalue weighted by Gasteiger charge is 2.42. The molecule has 0 spiro atoms. The Morgan fingerprint density at radius 1 is 1.06 bits per heavy atom. The first-order chi connectivity index (χ1) is 16.9. The van der Waals surface area contributed by atoms with Gasteiger partial charge in [0.25, 0.3) is 17.7 Å². The van der Waals surface area contributed by atoms with E-state index in [-0.39, 0.29) is 22.7 Å². The lowest BCUT2D eigenvalue weighted by Gasteiger charge is -2.29. The summed E-state index contributed by atoms with van der Waals surface area (Å²) in [6.07, 6.45) is 5.55. The Hall–Kier alpha value is -3.32. The Kier molecular flexibility index (Phi) is 7.76. The van der Waals surface area contributed by atoms with Crippen LogP contribution in [0.1, 0.15) is 61.4 Å². The van der Waals surface area contributed by atoms with Crippen LogP contribution in [0, 0.1) is 6.92 Å². The highest BCUT2D eigenvalue weighted by Crippen LogP contribution is 2.33. The number of aryl methyl sites for hydroxylation is 1. The number of amides is 3. The topological polar surface area (TPSA) is 87.7 Å². The van der Waals surface area contributed by atoms with E-state index in [4.69, 9.17) is 16.3 Å². The van der Waals surface area contributed by atoms with Crippen LogP contribution in [0.5, 0.6) is 5.75 Å². The Bertz CT molecular complexity index is 1170. The molecule has 1 saturated carbocycles. The molecule has 0 unspecified atom stereocenters. The van der Waals surface area contributed by atoms with Gasteiger partial charge in [0.05, 0.1) is 12.3 Å². The third-order valence-electron chi connectivity index (χ3n) is 6.35. The fourth-order valence-electron chi connectivity index (χ4n) is 4.43. The normalized spacial score (nSPS) is 16.6. The van der Waals surface area contributed by atoms with E-state index < -0.39 is 11.8 Å². The first kappa shape index (κ1) is 24.8. The maximum absolute atomic E-state index is 13.1.